The Hall–Kier alpha value is -3.40. The van der Waals surface area contributed by atoms with Gasteiger partial charge in [0.2, 0.25) is 5.39 Å². The monoisotopic (exact) mass is 529 g/mol. The number of thioether (sulfide) groups is 1. The molecule has 0 N–H and O–H groups in total. The molecule has 0 spiro atoms. The van der Waals surface area contributed by atoms with Gasteiger partial charge in [-0.25, -0.2) is 8.42 Å². The van der Waals surface area contributed by atoms with Crippen LogP contribution in [-0.4, -0.2) is 34.0 Å². The van der Waals surface area contributed by atoms with Crippen LogP contribution >= 0.6 is 11.8 Å². The van der Waals surface area contributed by atoms with E-state index in [1.165, 1.54) is 24.3 Å². The molecule has 3 aromatic carbocycles. The SMILES string of the molecule is N#[N+]S(=O)(=O)c1ccc(CN(CCSc2ccccc2)Cc2ccc(S(=O)(=O)N=[N+]=[N-])cc2)cc1. The van der Waals surface area contributed by atoms with Gasteiger partial charge in [-0.05, 0) is 53.1 Å². The van der Waals surface area contributed by atoms with E-state index in [2.05, 4.69) is 18.7 Å². The first-order valence-electron chi connectivity index (χ1n) is 10.2. The fourth-order valence-corrected chi connectivity index (χ4v) is 5.40. The molecule has 10 nitrogen and oxygen atoms in total. The van der Waals surface area contributed by atoms with Crippen LogP contribution in [0.15, 0.2) is 98.1 Å². The Morgan fingerprint density at radius 3 is 1.89 bits per heavy atom. The third-order valence-electron chi connectivity index (χ3n) is 4.93. The molecule has 35 heavy (non-hydrogen) atoms. The quantitative estimate of drug-likeness (QED) is 0.111. The van der Waals surface area contributed by atoms with Crippen LogP contribution in [0.2, 0.25) is 0 Å². The Labute approximate surface area is 208 Å². The van der Waals surface area contributed by atoms with Gasteiger partial charge in [0.05, 0.1) is 4.90 Å². The molecule has 0 fully saturated rings. The van der Waals surface area contributed by atoms with Crippen LogP contribution in [0.3, 0.4) is 0 Å². The van der Waals surface area contributed by atoms with Crippen molar-refractivity contribution in [1.82, 2.24) is 4.90 Å². The molecule has 0 heterocycles. The second kappa shape index (κ2) is 11.8. The van der Waals surface area contributed by atoms with Crippen molar-refractivity contribution in [2.24, 2.45) is 4.52 Å². The van der Waals surface area contributed by atoms with E-state index < -0.39 is 20.0 Å². The largest absolute Gasteiger partial charge is 0.552 e. The lowest BCUT2D eigenvalue weighted by molar-refractivity contribution is 0.274. The molecule has 0 bridgehead atoms. The minimum Gasteiger partial charge on any atom is -0.294 e. The van der Waals surface area contributed by atoms with E-state index in [4.69, 9.17) is 10.9 Å². The molecule has 180 valence electrons. The number of nitrogens with zero attached hydrogens (tertiary/aromatic N) is 6. The summed E-state index contributed by atoms with van der Waals surface area (Å²) < 4.78 is 52.5. The number of sulfonamides is 2. The maximum Gasteiger partial charge on any atom is 0.552 e. The van der Waals surface area contributed by atoms with E-state index >= 15 is 0 Å². The minimum absolute atomic E-state index is 0.0867. The van der Waals surface area contributed by atoms with Crippen LogP contribution in [0, 0.1) is 5.39 Å². The highest BCUT2D eigenvalue weighted by atomic mass is 32.2. The number of hydrogen-bond acceptors (Lipinski definition) is 7. The van der Waals surface area contributed by atoms with Crippen LogP contribution in [0.25, 0.3) is 14.8 Å². The second-order valence-corrected chi connectivity index (χ2v) is 11.7. The van der Waals surface area contributed by atoms with Gasteiger partial charge in [0.1, 0.15) is 0 Å². The first kappa shape index (κ1) is 26.2. The van der Waals surface area contributed by atoms with Crippen LogP contribution in [0.4, 0.5) is 0 Å². The fraction of sp³-hybridized carbons (Fsp3) is 0.182. The van der Waals surface area contributed by atoms with Gasteiger partial charge >= 0.3 is 10.0 Å². The average Bonchev–Trinajstić information content (AvgIpc) is 2.85. The number of azide groups is 1. The molecule has 0 amide bonds. The minimum atomic E-state index is -4.07. The summed E-state index contributed by atoms with van der Waals surface area (Å²) in [5.74, 6) is 0.795. The van der Waals surface area contributed by atoms with Gasteiger partial charge in [-0.15, -0.1) is 20.2 Å². The molecule has 0 aromatic heterocycles. The Kier molecular flexibility index (Phi) is 8.86. The first-order valence-corrected chi connectivity index (χ1v) is 14.1. The molecule has 0 saturated carbocycles. The van der Waals surface area contributed by atoms with Crippen LogP contribution < -0.4 is 0 Å². The first-order chi connectivity index (χ1) is 16.7. The molecule has 0 unspecified atom stereocenters. The standard InChI is InChI=1S/C22H21N6O4S3/c23-25-27-35(31,32)22-12-8-19(9-13-22)17-28(14-15-33-20-4-2-1-3-5-20)16-18-6-10-21(11-7-18)34(29,30)26-24/h1-13H,14-17H2/q+1. The summed E-state index contributed by atoms with van der Waals surface area (Å²) in [5, 5.41) is 8.68. The van der Waals surface area contributed by atoms with Gasteiger partial charge in [0.15, 0.2) is 4.90 Å². The van der Waals surface area contributed by atoms with Crippen LogP contribution in [0.5, 0.6) is 0 Å². The molecule has 0 aliphatic rings. The van der Waals surface area contributed by atoms with Crippen molar-refractivity contribution < 1.29 is 16.8 Å². The third-order valence-corrected chi connectivity index (χ3v) is 8.16. The maximum atomic E-state index is 11.9. The van der Waals surface area contributed by atoms with Crippen LogP contribution in [-0.2, 0) is 33.1 Å². The molecular formula is C22H21N6O4S3+. The highest BCUT2D eigenvalue weighted by molar-refractivity contribution is 7.99. The van der Waals surface area contributed by atoms with Crippen molar-refractivity contribution in [3.05, 3.63) is 105 Å². The number of benzene rings is 3. The fourth-order valence-electron chi connectivity index (χ4n) is 3.22. The highest BCUT2D eigenvalue weighted by Crippen LogP contribution is 2.20. The zero-order valence-corrected chi connectivity index (χ0v) is 20.8. The van der Waals surface area contributed by atoms with E-state index in [9.17, 15) is 16.8 Å². The van der Waals surface area contributed by atoms with Gasteiger partial charge < -0.3 is 0 Å². The number of rotatable bonds is 11. The van der Waals surface area contributed by atoms with Crippen molar-refractivity contribution in [3.8, 4) is 0 Å². The van der Waals surface area contributed by atoms with Gasteiger partial charge in [-0.3, -0.25) is 4.90 Å². The van der Waals surface area contributed by atoms with Gasteiger partial charge in [0, 0.05) is 39.7 Å². The van der Waals surface area contributed by atoms with Crippen LogP contribution in [0.1, 0.15) is 11.1 Å². The Morgan fingerprint density at radius 2 is 1.37 bits per heavy atom. The second-order valence-electron chi connectivity index (χ2n) is 7.36. The molecule has 0 saturated heterocycles. The third kappa shape index (κ3) is 7.54. The zero-order valence-electron chi connectivity index (χ0n) is 18.4. The molecule has 0 atom stereocenters. The summed E-state index contributed by atoms with van der Waals surface area (Å²) in [4.78, 5) is 5.45. The average molecular weight is 530 g/mol. The Bertz CT molecular complexity index is 1450. The van der Waals surface area contributed by atoms with Gasteiger partial charge in [-0.2, -0.15) is 0 Å². The van der Waals surface area contributed by atoms with Gasteiger partial charge in [0.25, 0.3) is 14.4 Å². The lowest BCUT2D eigenvalue weighted by Crippen LogP contribution is -2.25. The number of diazo groups is 1. The normalized spacial score (nSPS) is 11.5. The topological polar surface area (TPSA) is 148 Å². The smallest absolute Gasteiger partial charge is 0.294 e. The summed E-state index contributed by atoms with van der Waals surface area (Å²) >= 11 is 1.70. The Balaban J connectivity index is 1.75. The summed E-state index contributed by atoms with van der Waals surface area (Å²) in [5.41, 5.74) is 10.1. The molecular weight excluding hydrogens is 508 g/mol. The number of hydrogen-bond donors (Lipinski definition) is 0. The molecule has 3 aromatic rings. The lowest BCUT2D eigenvalue weighted by atomic mass is 10.1. The summed E-state index contributed by atoms with van der Waals surface area (Å²) in [6.07, 6.45) is 0. The van der Waals surface area contributed by atoms with E-state index in [0.717, 1.165) is 21.8 Å². The molecule has 0 radical (unpaired) electrons. The van der Waals surface area contributed by atoms with Crippen molar-refractivity contribution >= 4 is 31.8 Å². The van der Waals surface area contributed by atoms with E-state index in [-0.39, 0.29) is 9.79 Å². The van der Waals surface area contributed by atoms with Gasteiger partial charge in [-0.1, -0.05) is 42.5 Å². The predicted octanol–water partition coefficient (Wildman–Crippen LogP) is 5.02. The zero-order chi connectivity index (χ0) is 25.3. The van der Waals surface area contributed by atoms with E-state index in [1.54, 1.807) is 36.0 Å². The summed E-state index contributed by atoms with van der Waals surface area (Å²) in [7, 11) is -8.12. The van der Waals surface area contributed by atoms with Crippen molar-refractivity contribution in [1.29, 1.82) is 5.39 Å². The van der Waals surface area contributed by atoms with E-state index in [0.29, 0.717) is 19.6 Å². The van der Waals surface area contributed by atoms with E-state index in [1.807, 2.05) is 30.3 Å². The maximum absolute atomic E-state index is 11.9. The van der Waals surface area contributed by atoms with Crippen molar-refractivity contribution in [2.75, 3.05) is 12.3 Å². The highest BCUT2D eigenvalue weighted by Gasteiger charge is 2.26. The Morgan fingerprint density at radius 1 is 0.829 bits per heavy atom. The molecule has 3 rings (SSSR count). The molecule has 0 aliphatic carbocycles. The van der Waals surface area contributed by atoms with Crippen molar-refractivity contribution in [2.45, 2.75) is 27.8 Å². The molecule has 0 aliphatic heterocycles. The summed E-state index contributed by atoms with van der Waals surface area (Å²) in [6, 6.07) is 22.2. The summed E-state index contributed by atoms with van der Waals surface area (Å²) in [6.45, 7) is 1.71. The lowest BCUT2D eigenvalue weighted by Gasteiger charge is -2.22. The molecule has 13 heteroatoms. The van der Waals surface area contributed by atoms with Crippen molar-refractivity contribution in [3.63, 3.8) is 0 Å². The predicted molar refractivity (Wildman–Crippen MR) is 133 cm³/mol.